The molecule has 22 heavy (non-hydrogen) atoms. The number of amides is 1. The van der Waals surface area contributed by atoms with Crippen LogP contribution in [0.15, 0.2) is 5.16 Å². The second kappa shape index (κ2) is 8.02. The van der Waals surface area contributed by atoms with Crippen molar-refractivity contribution < 1.29 is 23.1 Å². The summed E-state index contributed by atoms with van der Waals surface area (Å²) in [6, 6.07) is 0. The van der Waals surface area contributed by atoms with Crippen LogP contribution in [0.2, 0.25) is 0 Å². The fourth-order valence-electron chi connectivity index (χ4n) is 1.74. The van der Waals surface area contributed by atoms with Crippen LogP contribution in [-0.4, -0.2) is 33.7 Å². The highest BCUT2D eigenvalue weighted by atomic mass is 32.2. The number of alkyl halides is 2. The van der Waals surface area contributed by atoms with Crippen LogP contribution in [0.5, 0.6) is 0 Å². The molecule has 1 heterocycles. The molecule has 1 rings (SSSR count). The molecule has 0 spiro atoms. The van der Waals surface area contributed by atoms with E-state index in [0.717, 1.165) is 0 Å². The number of rotatable bonds is 7. The molecule has 0 saturated carbocycles. The van der Waals surface area contributed by atoms with Gasteiger partial charge in [0.15, 0.2) is 11.3 Å². The highest BCUT2D eigenvalue weighted by molar-refractivity contribution is 7.99. The third kappa shape index (κ3) is 5.55. The molecule has 0 aliphatic rings. The van der Waals surface area contributed by atoms with Crippen LogP contribution in [0.1, 0.15) is 30.3 Å². The number of thioether (sulfide) groups is 1. The van der Waals surface area contributed by atoms with Crippen molar-refractivity contribution in [2.45, 2.75) is 50.6 Å². The molecule has 0 saturated heterocycles. The molecule has 122 valence electrons. The van der Waals surface area contributed by atoms with Crippen LogP contribution >= 0.6 is 11.8 Å². The number of carbonyl (C=O) groups is 2. The molecule has 9 heteroatoms. The minimum absolute atomic E-state index is 0.00122. The van der Waals surface area contributed by atoms with Gasteiger partial charge in [-0.2, -0.15) is 8.78 Å². The van der Waals surface area contributed by atoms with Crippen LogP contribution in [0.25, 0.3) is 0 Å². The standard InChI is InChI=1S/C13H17F2N3O3S/c1-6-9(4-5-10(19)21-8(3)11(16)20)7(2)18-13(17-6)22-12(14)15/h8,12H,4-5H2,1-3H3,(H2,16,20)/t8-/m0/s1. The van der Waals surface area contributed by atoms with Crippen LogP contribution in [-0.2, 0) is 20.7 Å². The molecule has 0 radical (unpaired) electrons. The predicted molar refractivity (Wildman–Crippen MR) is 76.4 cm³/mol. The van der Waals surface area contributed by atoms with Gasteiger partial charge in [0.2, 0.25) is 0 Å². The smallest absolute Gasteiger partial charge is 0.306 e. The Morgan fingerprint density at radius 3 is 2.27 bits per heavy atom. The van der Waals surface area contributed by atoms with Crippen molar-refractivity contribution in [1.82, 2.24) is 9.97 Å². The van der Waals surface area contributed by atoms with E-state index < -0.39 is 23.7 Å². The Hall–Kier alpha value is -1.77. The molecule has 0 bridgehead atoms. The number of aryl methyl sites for hydroxylation is 2. The van der Waals surface area contributed by atoms with E-state index in [1.807, 2.05) is 0 Å². The van der Waals surface area contributed by atoms with Gasteiger partial charge in [0.25, 0.3) is 11.7 Å². The van der Waals surface area contributed by atoms with Gasteiger partial charge in [-0.15, -0.1) is 0 Å². The second-order valence-electron chi connectivity index (χ2n) is 4.57. The Labute approximate surface area is 130 Å². The fraction of sp³-hybridized carbons (Fsp3) is 0.538. The number of primary amides is 1. The minimum atomic E-state index is -2.59. The van der Waals surface area contributed by atoms with Crippen molar-refractivity contribution in [1.29, 1.82) is 0 Å². The monoisotopic (exact) mass is 333 g/mol. The zero-order valence-electron chi connectivity index (χ0n) is 12.4. The molecule has 1 amide bonds. The highest BCUT2D eigenvalue weighted by Crippen LogP contribution is 2.24. The van der Waals surface area contributed by atoms with Gasteiger partial charge in [-0.3, -0.25) is 9.59 Å². The fourth-order valence-corrected chi connectivity index (χ4v) is 2.28. The normalized spacial score (nSPS) is 12.3. The Morgan fingerprint density at radius 2 is 1.82 bits per heavy atom. The van der Waals surface area contributed by atoms with E-state index in [2.05, 4.69) is 9.97 Å². The van der Waals surface area contributed by atoms with E-state index in [0.29, 0.717) is 23.4 Å². The molecule has 6 nitrogen and oxygen atoms in total. The lowest BCUT2D eigenvalue weighted by Crippen LogP contribution is -2.30. The highest BCUT2D eigenvalue weighted by Gasteiger charge is 2.17. The van der Waals surface area contributed by atoms with Crippen molar-refractivity contribution in [2.75, 3.05) is 0 Å². The van der Waals surface area contributed by atoms with E-state index in [1.165, 1.54) is 6.92 Å². The lowest BCUT2D eigenvalue weighted by Gasteiger charge is -2.12. The summed E-state index contributed by atoms with van der Waals surface area (Å²) in [5, 5.41) is -0.00122. The first-order valence-electron chi connectivity index (χ1n) is 6.48. The maximum atomic E-state index is 12.3. The molecule has 0 aliphatic heterocycles. The van der Waals surface area contributed by atoms with E-state index in [9.17, 15) is 18.4 Å². The zero-order chi connectivity index (χ0) is 16.9. The molecular weight excluding hydrogens is 316 g/mol. The number of nitrogens with zero attached hydrogens (tertiary/aromatic N) is 2. The summed E-state index contributed by atoms with van der Waals surface area (Å²) in [5.41, 5.74) is 6.76. The number of nitrogens with two attached hydrogens (primary N) is 1. The molecule has 0 unspecified atom stereocenters. The summed E-state index contributed by atoms with van der Waals surface area (Å²) in [7, 11) is 0. The molecule has 0 fully saturated rings. The molecule has 1 aromatic rings. The first-order chi connectivity index (χ1) is 10.2. The van der Waals surface area contributed by atoms with Gasteiger partial charge < -0.3 is 10.5 Å². The topological polar surface area (TPSA) is 95.2 Å². The van der Waals surface area contributed by atoms with Gasteiger partial charge in [-0.05, 0) is 44.5 Å². The van der Waals surface area contributed by atoms with E-state index in [1.54, 1.807) is 13.8 Å². The first kappa shape index (κ1) is 18.3. The number of esters is 1. The number of halogens is 2. The number of carbonyl (C=O) groups excluding carboxylic acids is 2. The van der Waals surface area contributed by atoms with E-state index in [-0.39, 0.29) is 23.3 Å². The zero-order valence-corrected chi connectivity index (χ0v) is 13.2. The Kier molecular flexibility index (Phi) is 6.66. The summed E-state index contributed by atoms with van der Waals surface area (Å²) < 4.78 is 29.5. The number of hydrogen-bond acceptors (Lipinski definition) is 6. The molecule has 0 aliphatic carbocycles. The summed E-state index contributed by atoms with van der Waals surface area (Å²) in [6.07, 6.45) is -0.679. The van der Waals surface area contributed by atoms with Crippen LogP contribution < -0.4 is 5.73 Å². The van der Waals surface area contributed by atoms with Crippen LogP contribution in [0.3, 0.4) is 0 Å². The maximum absolute atomic E-state index is 12.3. The molecule has 2 N–H and O–H groups in total. The summed E-state index contributed by atoms with van der Waals surface area (Å²) in [5.74, 6) is -3.89. The van der Waals surface area contributed by atoms with Gasteiger partial charge in [0.05, 0.1) is 0 Å². The quantitative estimate of drug-likeness (QED) is 0.464. The van der Waals surface area contributed by atoms with Crippen molar-refractivity contribution in [3.05, 3.63) is 17.0 Å². The molecular formula is C13H17F2N3O3S. The van der Waals surface area contributed by atoms with E-state index in [4.69, 9.17) is 10.5 Å². The average Bonchev–Trinajstić information content (AvgIpc) is 2.36. The SMILES string of the molecule is Cc1nc(SC(F)F)nc(C)c1CCC(=O)O[C@@H](C)C(N)=O. The molecule has 1 aromatic heterocycles. The van der Waals surface area contributed by atoms with Crippen molar-refractivity contribution in [2.24, 2.45) is 5.73 Å². The third-order valence-corrected chi connectivity index (χ3v) is 3.45. The number of hydrogen-bond donors (Lipinski definition) is 1. The lowest BCUT2D eigenvalue weighted by atomic mass is 10.1. The maximum Gasteiger partial charge on any atom is 0.306 e. The summed E-state index contributed by atoms with van der Waals surface area (Å²) in [4.78, 5) is 30.4. The van der Waals surface area contributed by atoms with Crippen LogP contribution in [0, 0.1) is 13.8 Å². The summed E-state index contributed by atoms with van der Waals surface area (Å²) in [6.45, 7) is 4.71. The molecule has 1 atom stereocenters. The Balaban J connectivity index is 2.70. The van der Waals surface area contributed by atoms with Gasteiger partial charge in [0, 0.05) is 17.8 Å². The predicted octanol–water partition coefficient (Wildman–Crippen LogP) is 1.76. The van der Waals surface area contributed by atoms with Crippen LogP contribution in [0.4, 0.5) is 8.78 Å². The lowest BCUT2D eigenvalue weighted by molar-refractivity contribution is -0.153. The van der Waals surface area contributed by atoms with Crippen molar-refractivity contribution >= 4 is 23.6 Å². The third-order valence-electron chi connectivity index (χ3n) is 2.88. The van der Waals surface area contributed by atoms with E-state index >= 15 is 0 Å². The number of ether oxygens (including phenoxy) is 1. The Bertz CT molecular complexity index is 546. The Morgan fingerprint density at radius 1 is 1.27 bits per heavy atom. The first-order valence-corrected chi connectivity index (χ1v) is 7.36. The van der Waals surface area contributed by atoms with Gasteiger partial charge in [0.1, 0.15) is 0 Å². The second-order valence-corrected chi connectivity index (χ2v) is 5.53. The van der Waals surface area contributed by atoms with Gasteiger partial charge >= 0.3 is 5.97 Å². The largest absolute Gasteiger partial charge is 0.453 e. The average molecular weight is 333 g/mol. The summed E-state index contributed by atoms with van der Waals surface area (Å²) >= 11 is 0.273. The van der Waals surface area contributed by atoms with Crippen molar-refractivity contribution in [3.8, 4) is 0 Å². The van der Waals surface area contributed by atoms with Gasteiger partial charge in [-0.25, -0.2) is 9.97 Å². The van der Waals surface area contributed by atoms with Gasteiger partial charge in [-0.1, -0.05) is 0 Å². The minimum Gasteiger partial charge on any atom is -0.453 e. The van der Waals surface area contributed by atoms with Crippen molar-refractivity contribution in [3.63, 3.8) is 0 Å². The molecule has 0 aromatic carbocycles. The number of aromatic nitrogens is 2.